The third-order valence-electron chi connectivity index (χ3n) is 5.20. The van der Waals surface area contributed by atoms with Crippen molar-refractivity contribution in [2.75, 3.05) is 0 Å². The molecule has 0 bridgehead atoms. The summed E-state index contributed by atoms with van der Waals surface area (Å²) in [4.78, 5) is 12.9. The van der Waals surface area contributed by atoms with Crippen molar-refractivity contribution in [1.29, 1.82) is 0 Å². The molecule has 1 aliphatic rings. The Hall–Kier alpha value is -2.24. The lowest BCUT2D eigenvalue weighted by Gasteiger charge is -2.35. The van der Waals surface area contributed by atoms with Gasteiger partial charge >= 0.3 is 0 Å². The molecule has 114 valence electrons. The highest BCUT2D eigenvalue weighted by Crippen LogP contribution is 2.36. The molecule has 0 N–H and O–H groups in total. The topological polar surface area (TPSA) is 65.1 Å². The van der Waals surface area contributed by atoms with Crippen LogP contribution in [0.15, 0.2) is 29.3 Å². The molecule has 0 saturated heterocycles. The van der Waals surface area contributed by atoms with E-state index >= 15 is 0 Å². The molecule has 0 aliphatic heterocycles. The molecule has 1 fully saturated rings. The van der Waals surface area contributed by atoms with Gasteiger partial charge in [0.2, 0.25) is 0 Å². The maximum atomic E-state index is 12.9. The summed E-state index contributed by atoms with van der Waals surface area (Å²) >= 11 is 0. The molecular weight excluding hydrogens is 278 g/mol. The standard InChI is InChI=1S/C16H19N5O/c1-10-4-3-5-12(11(10)2)20-9-7-13-15(16(20)22)19-18-14-6-8-17-21(13)14/h6-12H,3-5H2,1-2H3. The normalized spacial score (nSPS) is 25.8. The Bertz CT molecular complexity index is 896. The van der Waals surface area contributed by atoms with Gasteiger partial charge in [-0.25, -0.2) is 4.52 Å². The number of aromatic nitrogens is 5. The van der Waals surface area contributed by atoms with Crippen molar-refractivity contribution in [2.24, 2.45) is 11.8 Å². The predicted octanol–water partition coefficient (Wildman–Crippen LogP) is 2.44. The second kappa shape index (κ2) is 4.90. The maximum Gasteiger partial charge on any atom is 0.280 e. The number of nitrogens with zero attached hydrogens (tertiary/aromatic N) is 5. The first-order chi connectivity index (χ1) is 10.7. The highest BCUT2D eigenvalue weighted by atomic mass is 16.1. The van der Waals surface area contributed by atoms with Crippen molar-refractivity contribution < 1.29 is 0 Å². The second-order valence-electron chi connectivity index (χ2n) is 6.40. The van der Waals surface area contributed by atoms with E-state index in [1.54, 1.807) is 16.8 Å². The summed E-state index contributed by atoms with van der Waals surface area (Å²) in [6, 6.07) is 3.95. The van der Waals surface area contributed by atoms with Crippen LogP contribution in [0.25, 0.3) is 16.7 Å². The third kappa shape index (κ3) is 1.86. The van der Waals surface area contributed by atoms with Crippen LogP contribution < -0.4 is 5.56 Å². The SMILES string of the molecule is CC1CCCC(n2ccc3c(nnc4ccnn43)c2=O)C1C. The predicted molar refractivity (Wildman–Crippen MR) is 83.8 cm³/mol. The lowest BCUT2D eigenvalue weighted by atomic mass is 9.78. The van der Waals surface area contributed by atoms with Crippen LogP contribution in [-0.2, 0) is 0 Å². The minimum atomic E-state index is -0.0617. The highest BCUT2D eigenvalue weighted by molar-refractivity contribution is 5.74. The highest BCUT2D eigenvalue weighted by Gasteiger charge is 2.29. The lowest BCUT2D eigenvalue weighted by Crippen LogP contribution is -2.34. The average Bonchev–Trinajstić information content (AvgIpc) is 3.00. The van der Waals surface area contributed by atoms with E-state index in [1.165, 1.54) is 12.8 Å². The van der Waals surface area contributed by atoms with Crippen molar-refractivity contribution in [3.8, 4) is 0 Å². The van der Waals surface area contributed by atoms with Gasteiger partial charge in [-0.1, -0.05) is 26.7 Å². The third-order valence-corrected chi connectivity index (χ3v) is 5.20. The van der Waals surface area contributed by atoms with Crippen LogP contribution in [0.5, 0.6) is 0 Å². The van der Waals surface area contributed by atoms with Crippen molar-refractivity contribution in [2.45, 2.75) is 39.2 Å². The van der Waals surface area contributed by atoms with E-state index in [9.17, 15) is 4.79 Å². The zero-order valence-corrected chi connectivity index (χ0v) is 12.8. The minimum Gasteiger partial charge on any atom is -0.310 e. The van der Waals surface area contributed by atoms with Crippen LogP contribution in [0.1, 0.15) is 39.2 Å². The lowest BCUT2D eigenvalue weighted by molar-refractivity contribution is 0.183. The number of fused-ring (bicyclic) bond motifs is 3. The second-order valence-corrected chi connectivity index (χ2v) is 6.40. The molecule has 1 saturated carbocycles. The molecule has 3 aromatic rings. The van der Waals surface area contributed by atoms with Gasteiger partial charge in [-0.15, -0.1) is 10.2 Å². The summed E-state index contributed by atoms with van der Waals surface area (Å²) in [6.45, 7) is 4.52. The van der Waals surface area contributed by atoms with E-state index < -0.39 is 0 Å². The molecule has 1 aliphatic carbocycles. The molecule has 6 heteroatoms. The molecule has 4 rings (SSSR count). The first-order valence-corrected chi connectivity index (χ1v) is 7.88. The van der Waals surface area contributed by atoms with Crippen molar-refractivity contribution >= 4 is 16.7 Å². The van der Waals surface area contributed by atoms with Crippen LogP contribution in [0.3, 0.4) is 0 Å². The van der Waals surface area contributed by atoms with Crippen molar-refractivity contribution in [3.63, 3.8) is 0 Å². The molecule has 3 unspecified atom stereocenters. The molecule has 3 atom stereocenters. The molecule has 0 spiro atoms. The molecule has 6 nitrogen and oxygen atoms in total. The summed E-state index contributed by atoms with van der Waals surface area (Å²) in [5, 5.41) is 12.4. The Morgan fingerprint density at radius 2 is 2.05 bits per heavy atom. The van der Waals surface area contributed by atoms with Crippen molar-refractivity contribution in [1.82, 2.24) is 24.4 Å². The van der Waals surface area contributed by atoms with Crippen LogP contribution >= 0.6 is 0 Å². The molecule has 0 radical (unpaired) electrons. The molecule has 3 aromatic heterocycles. The minimum absolute atomic E-state index is 0.0617. The van der Waals surface area contributed by atoms with Crippen molar-refractivity contribution in [3.05, 3.63) is 34.9 Å². The summed E-state index contributed by atoms with van der Waals surface area (Å²) in [6.07, 6.45) is 7.03. The Balaban J connectivity index is 1.91. The molecular formula is C16H19N5O. The zero-order valence-electron chi connectivity index (χ0n) is 12.8. The van der Waals surface area contributed by atoms with Gasteiger partial charge in [0.05, 0.1) is 6.20 Å². The van der Waals surface area contributed by atoms with Crippen LogP contribution in [0.2, 0.25) is 0 Å². The number of pyridine rings is 1. The van der Waals surface area contributed by atoms with Gasteiger partial charge in [0.25, 0.3) is 5.56 Å². The average molecular weight is 297 g/mol. The fourth-order valence-electron chi connectivity index (χ4n) is 3.66. The number of hydrogen-bond donors (Lipinski definition) is 0. The Kier molecular flexibility index (Phi) is 2.99. The maximum absolute atomic E-state index is 12.9. The van der Waals surface area contributed by atoms with Gasteiger partial charge < -0.3 is 4.57 Å². The molecule has 3 heterocycles. The summed E-state index contributed by atoms with van der Waals surface area (Å²) in [5.41, 5.74) is 1.70. The van der Waals surface area contributed by atoms with E-state index in [2.05, 4.69) is 29.1 Å². The summed E-state index contributed by atoms with van der Waals surface area (Å²) in [7, 11) is 0. The van der Waals surface area contributed by atoms with Crippen LogP contribution in [-0.4, -0.2) is 24.4 Å². The smallest absolute Gasteiger partial charge is 0.280 e. The largest absolute Gasteiger partial charge is 0.310 e. The first kappa shape index (κ1) is 13.4. The van der Waals surface area contributed by atoms with Gasteiger partial charge in [-0.05, 0) is 24.3 Å². The van der Waals surface area contributed by atoms with Gasteiger partial charge in [-0.2, -0.15) is 5.10 Å². The quantitative estimate of drug-likeness (QED) is 0.692. The molecule has 22 heavy (non-hydrogen) atoms. The summed E-state index contributed by atoms with van der Waals surface area (Å²) in [5.74, 6) is 1.13. The van der Waals surface area contributed by atoms with E-state index in [1.807, 2.05) is 16.8 Å². The number of rotatable bonds is 1. The van der Waals surface area contributed by atoms with Gasteiger partial charge in [0.15, 0.2) is 11.2 Å². The van der Waals surface area contributed by atoms with Gasteiger partial charge in [0, 0.05) is 18.3 Å². The fraction of sp³-hybridized carbons (Fsp3) is 0.500. The number of hydrogen-bond acceptors (Lipinski definition) is 4. The zero-order chi connectivity index (χ0) is 15.3. The van der Waals surface area contributed by atoms with Gasteiger partial charge in [0.1, 0.15) is 5.52 Å². The van der Waals surface area contributed by atoms with E-state index in [4.69, 9.17) is 0 Å². The molecule has 0 aromatic carbocycles. The molecule has 0 amide bonds. The Morgan fingerprint density at radius 1 is 1.18 bits per heavy atom. The summed E-state index contributed by atoms with van der Waals surface area (Å²) < 4.78 is 3.52. The van der Waals surface area contributed by atoms with E-state index in [0.29, 0.717) is 28.5 Å². The fourth-order valence-corrected chi connectivity index (χ4v) is 3.66. The van der Waals surface area contributed by atoms with Crippen LogP contribution in [0.4, 0.5) is 0 Å². The van der Waals surface area contributed by atoms with Crippen LogP contribution in [0, 0.1) is 11.8 Å². The van der Waals surface area contributed by atoms with E-state index in [-0.39, 0.29) is 11.6 Å². The van der Waals surface area contributed by atoms with E-state index in [0.717, 1.165) is 6.42 Å². The van der Waals surface area contributed by atoms with Gasteiger partial charge in [-0.3, -0.25) is 4.79 Å². The Labute approximate surface area is 127 Å². The Morgan fingerprint density at radius 3 is 2.91 bits per heavy atom. The monoisotopic (exact) mass is 297 g/mol. The first-order valence-electron chi connectivity index (χ1n) is 7.88.